The van der Waals surface area contributed by atoms with Crippen molar-refractivity contribution in [3.8, 4) is 0 Å². The predicted molar refractivity (Wildman–Crippen MR) is 71.0 cm³/mol. The van der Waals surface area contributed by atoms with Crippen molar-refractivity contribution >= 4 is 17.7 Å². The fourth-order valence-electron chi connectivity index (χ4n) is 2.12. The Morgan fingerprint density at radius 3 is 2.63 bits per heavy atom. The zero-order chi connectivity index (χ0) is 14.6. The molecule has 19 heavy (non-hydrogen) atoms. The van der Waals surface area contributed by atoms with Gasteiger partial charge in [-0.25, -0.2) is 0 Å². The van der Waals surface area contributed by atoms with Gasteiger partial charge in [0.05, 0.1) is 0 Å². The topological polar surface area (TPSA) is 92.5 Å². The van der Waals surface area contributed by atoms with Gasteiger partial charge in [0.1, 0.15) is 12.1 Å². The maximum atomic E-state index is 12.2. The van der Waals surface area contributed by atoms with Gasteiger partial charge in [-0.3, -0.25) is 19.7 Å². The van der Waals surface area contributed by atoms with Gasteiger partial charge in [-0.15, -0.1) is 0 Å². The Labute approximate surface area is 113 Å². The van der Waals surface area contributed by atoms with Gasteiger partial charge in [0.25, 0.3) is 5.91 Å². The Bertz CT molecular complexity index is 379. The maximum absolute atomic E-state index is 12.2. The molecule has 0 saturated carbocycles. The SMILES string of the molecule is CC(CCN)CCC(=O)N1CC(=O)NC(=O)C1(C)C. The van der Waals surface area contributed by atoms with Crippen molar-refractivity contribution in [3.63, 3.8) is 0 Å². The van der Waals surface area contributed by atoms with E-state index in [0.29, 0.717) is 18.9 Å². The molecule has 0 spiro atoms. The molecule has 1 heterocycles. The lowest BCUT2D eigenvalue weighted by Crippen LogP contribution is -2.65. The highest BCUT2D eigenvalue weighted by Gasteiger charge is 2.43. The maximum Gasteiger partial charge on any atom is 0.252 e. The summed E-state index contributed by atoms with van der Waals surface area (Å²) in [6.45, 7) is 5.89. The van der Waals surface area contributed by atoms with Crippen molar-refractivity contribution in [2.75, 3.05) is 13.1 Å². The van der Waals surface area contributed by atoms with Crippen LogP contribution in [0.15, 0.2) is 0 Å². The molecule has 3 N–H and O–H groups in total. The smallest absolute Gasteiger partial charge is 0.252 e. The second kappa shape index (κ2) is 6.14. The summed E-state index contributed by atoms with van der Waals surface area (Å²) in [5.74, 6) is -0.636. The summed E-state index contributed by atoms with van der Waals surface area (Å²) >= 11 is 0. The van der Waals surface area contributed by atoms with Crippen LogP contribution in [0.25, 0.3) is 0 Å². The van der Waals surface area contributed by atoms with Gasteiger partial charge >= 0.3 is 0 Å². The van der Waals surface area contributed by atoms with E-state index < -0.39 is 17.4 Å². The fourth-order valence-corrected chi connectivity index (χ4v) is 2.12. The Morgan fingerprint density at radius 2 is 2.05 bits per heavy atom. The molecular weight excluding hydrogens is 246 g/mol. The lowest BCUT2D eigenvalue weighted by atomic mass is 9.96. The third kappa shape index (κ3) is 3.76. The Hall–Kier alpha value is -1.43. The molecule has 1 fully saturated rings. The number of hydrogen-bond donors (Lipinski definition) is 2. The van der Waals surface area contributed by atoms with E-state index in [-0.39, 0.29) is 12.5 Å². The standard InChI is InChI=1S/C13H23N3O3/c1-9(6-7-14)4-5-11(18)16-8-10(17)15-12(19)13(16,2)3/h9H,4-8,14H2,1-3H3,(H,15,17,19). The molecule has 0 bridgehead atoms. The first-order valence-electron chi connectivity index (χ1n) is 6.64. The van der Waals surface area contributed by atoms with Gasteiger partial charge in [0.2, 0.25) is 11.8 Å². The molecule has 1 rings (SSSR count). The number of piperazine rings is 1. The average Bonchev–Trinajstić information content (AvgIpc) is 2.31. The van der Waals surface area contributed by atoms with Crippen LogP contribution in [0.4, 0.5) is 0 Å². The van der Waals surface area contributed by atoms with Gasteiger partial charge in [0.15, 0.2) is 0 Å². The predicted octanol–water partition coefficient (Wildman–Crippen LogP) is 0.0151. The van der Waals surface area contributed by atoms with Crippen LogP contribution in [-0.4, -0.2) is 41.2 Å². The third-order valence-corrected chi connectivity index (χ3v) is 3.60. The molecule has 0 radical (unpaired) electrons. The second-order valence-corrected chi connectivity index (χ2v) is 5.64. The number of nitrogens with zero attached hydrogens (tertiary/aromatic N) is 1. The zero-order valence-corrected chi connectivity index (χ0v) is 11.9. The Kier molecular flexibility index (Phi) is 5.05. The summed E-state index contributed by atoms with van der Waals surface area (Å²) in [6, 6.07) is 0. The summed E-state index contributed by atoms with van der Waals surface area (Å²) in [7, 11) is 0. The summed E-state index contributed by atoms with van der Waals surface area (Å²) in [5, 5.41) is 2.25. The first kappa shape index (κ1) is 15.6. The van der Waals surface area contributed by atoms with Crippen molar-refractivity contribution in [2.24, 2.45) is 11.7 Å². The van der Waals surface area contributed by atoms with E-state index in [1.54, 1.807) is 13.8 Å². The summed E-state index contributed by atoms with van der Waals surface area (Å²) in [4.78, 5) is 36.7. The molecule has 1 aliphatic rings. The minimum atomic E-state index is -0.970. The quantitative estimate of drug-likeness (QED) is 0.688. The molecule has 3 amide bonds. The minimum Gasteiger partial charge on any atom is -0.330 e. The van der Waals surface area contributed by atoms with Crippen molar-refractivity contribution in [1.29, 1.82) is 0 Å². The van der Waals surface area contributed by atoms with Crippen LogP contribution >= 0.6 is 0 Å². The van der Waals surface area contributed by atoms with Gasteiger partial charge in [-0.2, -0.15) is 0 Å². The third-order valence-electron chi connectivity index (χ3n) is 3.60. The molecule has 0 aromatic carbocycles. The highest BCUT2D eigenvalue weighted by atomic mass is 16.2. The highest BCUT2D eigenvalue weighted by molar-refractivity contribution is 6.06. The molecule has 0 aromatic heterocycles. The van der Waals surface area contributed by atoms with E-state index in [2.05, 4.69) is 5.32 Å². The monoisotopic (exact) mass is 269 g/mol. The largest absolute Gasteiger partial charge is 0.330 e. The van der Waals surface area contributed by atoms with Gasteiger partial charge in [0, 0.05) is 6.42 Å². The Morgan fingerprint density at radius 1 is 1.42 bits per heavy atom. The van der Waals surface area contributed by atoms with Crippen LogP contribution in [0.1, 0.15) is 40.0 Å². The lowest BCUT2D eigenvalue weighted by Gasteiger charge is -2.40. The van der Waals surface area contributed by atoms with Gasteiger partial charge < -0.3 is 10.6 Å². The van der Waals surface area contributed by atoms with Crippen molar-refractivity contribution in [1.82, 2.24) is 10.2 Å². The van der Waals surface area contributed by atoms with Crippen LogP contribution in [-0.2, 0) is 14.4 Å². The summed E-state index contributed by atoms with van der Waals surface area (Å²) < 4.78 is 0. The summed E-state index contributed by atoms with van der Waals surface area (Å²) in [5.41, 5.74) is 4.50. The number of amides is 3. The van der Waals surface area contributed by atoms with Gasteiger partial charge in [-0.1, -0.05) is 6.92 Å². The van der Waals surface area contributed by atoms with E-state index in [4.69, 9.17) is 5.73 Å². The number of carbonyl (C=O) groups is 3. The molecule has 6 heteroatoms. The molecular formula is C13H23N3O3. The number of nitrogens with two attached hydrogens (primary N) is 1. The van der Waals surface area contributed by atoms with Crippen molar-refractivity contribution in [3.05, 3.63) is 0 Å². The zero-order valence-electron chi connectivity index (χ0n) is 11.9. The summed E-state index contributed by atoms with van der Waals surface area (Å²) in [6.07, 6.45) is 1.93. The molecule has 0 aliphatic carbocycles. The number of rotatable bonds is 5. The molecule has 108 valence electrons. The van der Waals surface area contributed by atoms with Crippen LogP contribution in [0, 0.1) is 5.92 Å². The minimum absolute atomic E-state index is 0.0527. The number of hydrogen-bond acceptors (Lipinski definition) is 4. The molecule has 6 nitrogen and oxygen atoms in total. The fraction of sp³-hybridized carbons (Fsp3) is 0.769. The molecule has 1 unspecified atom stereocenters. The molecule has 0 aromatic rings. The van der Waals surface area contributed by atoms with Gasteiger partial charge in [-0.05, 0) is 39.2 Å². The normalized spacial score (nSPS) is 20.1. The van der Waals surface area contributed by atoms with E-state index in [9.17, 15) is 14.4 Å². The second-order valence-electron chi connectivity index (χ2n) is 5.64. The van der Waals surface area contributed by atoms with E-state index in [1.807, 2.05) is 6.92 Å². The first-order chi connectivity index (χ1) is 8.78. The van der Waals surface area contributed by atoms with Crippen LogP contribution in [0.5, 0.6) is 0 Å². The van der Waals surface area contributed by atoms with E-state index in [1.165, 1.54) is 4.90 Å². The number of imide groups is 1. The molecule has 1 saturated heterocycles. The van der Waals surface area contributed by atoms with E-state index in [0.717, 1.165) is 12.8 Å². The van der Waals surface area contributed by atoms with Crippen molar-refractivity contribution < 1.29 is 14.4 Å². The number of carbonyl (C=O) groups excluding carboxylic acids is 3. The molecule has 1 atom stereocenters. The van der Waals surface area contributed by atoms with Crippen LogP contribution < -0.4 is 11.1 Å². The lowest BCUT2D eigenvalue weighted by molar-refractivity contribution is -0.155. The van der Waals surface area contributed by atoms with Crippen molar-refractivity contribution in [2.45, 2.75) is 45.6 Å². The first-order valence-corrected chi connectivity index (χ1v) is 6.64. The Balaban J connectivity index is 2.64. The van der Waals surface area contributed by atoms with Crippen LogP contribution in [0.2, 0.25) is 0 Å². The molecule has 1 aliphatic heterocycles. The number of nitrogens with one attached hydrogen (secondary N) is 1. The highest BCUT2D eigenvalue weighted by Crippen LogP contribution is 2.21. The van der Waals surface area contributed by atoms with Crippen LogP contribution in [0.3, 0.4) is 0 Å². The van der Waals surface area contributed by atoms with E-state index >= 15 is 0 Å². The average molecular weight is 269 g/mol.